The lowest BCUT2D eigenvalue weighted by Crippen LogP contribution is -2.60. The quantitative estimate of drug-likeness (QED) is 0.0114. The standard InChI is InChI=1S/C34H60N11O16P/c1-17(2)12-19(13-46)40-30(54)23(15-48)43-32(56)25-7-5-11-45(25)33(57)21(8-9-26(49)50)41-31(55)24(16-61-62(58,59)60)44-27(51)18(3)39-29(53)22(14-47)42-28(52)20(35)6-4-10-38-34(36)37/h13,17-25,47-48H,4-12,14-16,35H2,1-3H3,(H,39,53)(H,40,54)(H,41,55)(H,42,52)(H,43,56)(H,44,51)(H,49,50)(H4,36,37,38)(H2,58,59,60)/t18-,19-,20-,21-,22-,23-,24-,25-/m0/s1. The van der Waals surface area contributed by atoms with Gasteiger partial charge in [-0.25, -0.2) is 4.57 Å². The van der Waals surface area contributed by atoms with Crippen LogP contribution in [0.1, 0.15) is 65.7 Å². The van der Waals surface area contributed by atoms with Gasteiger partial charge in [-0.2, -0.15) is 0 Å². The Morgan fingerprint density at radius 2 is 1.39 bits per heavy atom. The number of aliphatic imine (C=N–C) groups is 1. The zero-order valence-electron chi connectivity index (χ0n) is 34.6. The molecule has 28 heteroatoms. The molecule has 0 saturated carbocycles. The molecule has 8 atom stereocenters. The Balaban J connectivity index is 3.18. The van der Waals surface area contributed by atoms with Crippen LogP contribution in [0.3, 0.4) is 0 Å². The number of carbonyl (C=O) groups is 9. The van der Waals surface area contributed by atoms with Gasteiger partial charge >= 0.3 is 13.8 Å². The lowest BCUT2D eigenvalue weighted by molar-refractivity contribution is -0.144. The number of nitrogens with one attached hydrogen (secondary N) is 6. The Bertz CT molecular complexity index is 1660. The molecule has 0 aromatic rings. The Kier molecular flexibility index (Phi) is 23.7. The van der Waals surface area contributed by atoms with E-state index < -0.39 is 136 Å². The second-order valence-electron chi connectivity index (χ2n) is 14.7. The highest BCUT2D eigenvalue weighted by Gasteiger charge is 2.40. The van der Waals surface area contributed by atoms with Crippen LogP contribution in [-0.2, 0) is 52.2 Å². The molecule has 352 valence electrons. The molecule has 1 heterocycles. The van der Waals surface area contributed by atoms with Crippen molar-refractivity contribution < 1.29 is 77.3 Å². The van der Waals surface area contributed by atoms with Gasteiger partial charge in [-0.1, -0.05) is 13.8 Å². The summed E-state index contributed by atoms with van der Waals surface area (Å²) in [6.45, 7) is 1.74. The van der Waals surface area contributed by atoms with Gasteiger partial charge in [0.1, 0.15) is 42.5 Å². The molecule has 17 N–H and O–H groups in total. The van der Waals surface area contributed by atoms with Gasteiger partial charge in [0.25, 0.3) is 0 Å². The summed E-state index contributed by atoms with van der Waals surface area (Å²) in [4.78, 5) is 139. The van der Waals surface area contributed by atoms with Crippen LogP contribution in [0.2, 0.25) is 0 Å². The van der Waals surface area contributed by atoms with Crippen molar-refractivity contribution in [2.24, 2.45) is 28.1 Å². The smallest absolute Gasteiger partial charge is 0.469 e. The average Bonchev–Trinajstić information content (AvgIpc) is 3.69. The lowest BCUT2D eigenvalue weighted by Gasteiger charge is -2.30. The molecule has 1 fully saturated rings. The fourth-order valence-electron chi connectivity index (χ4n) is 5.86. The number of carboxylic acid groups (broad SMARTS) is 1. The molecule has 0 unspecified atom stereocenters. The fourth-order valence-corrected chi connectivity index (χ4v) is 6.20. The molecule has 0 aromatic heterocycles. The minimum atomic E-state index is -5.31. The molecule has 7 amide bonds. The average molecular weight is 910 g/mol. The largest absolute Gasteiger partial charge is 0.481 e. The number of rotatable bonds is 28. The summed E-state index contributed by atoms with van der Waals surface area (Å²) in [6.07, 6.45) is 0.121. The maximum Gasteiger partial charge on any atom is 0.469 e. The Morgan fingerprint density at radius 3 is 1.94 bits per heavy atom. The number of aliphatic carboxylic acids is 1. The molecule has 0 aliphatic carbocycles. The van der Waals surface area contributed by atoms with E-state index in [1.165, 1.54) is 0 Å². The molecule has 27 nitrogen and oxygen atoms in total. The van der Waals surface area contributed by atoms with Gasteiger partial charge in [0.2, 0.25) is 41.4 Å². The number of aldehydes is 1. The fraction of sp³-hybridized carbons (Fsp3) is 0.706. The third kappa shape index (κ3) is 20.0. The molecule has 0 aromatic carbocycles. The Hall–Kier alpha value is -5.31. The molecule has 62 heavy (non-hydrogen) atoms. The number of phosphoric acid groups is 1. The number of nitrogens with two attached hydrogens (primary N) is 3. The van der Waals surface area contributed by atoms with Crippen LogP contribution < -0.4 is 49.1 Å². The van der Waals surface area contributed by atoms with E-state index in [1.807, 2.05) is 13.8 Å². The van der Waals surface area contributed by atoms with Crippen LogP contribution >= 0.6 is 7.82 Å². The zero-order valence-corrected chi connectivity index (χ0v) is 35.5. The summed E-state index contributed by atoms with van der Waals surface area (Å²) in [5, 5.41) is 42.5. The molecule has 0 bridgehead atoms. The first-order valence-corrected chi connectivity index (χ1v) is 21.0. The van der Waals surface area contributed by atoms with Crippen molar-refractivity contribution in [3.63, 3.8) is 0 Å². The third-order valence-corrected chi connectivity index (χ3v) is 9.53. The van der Waals surface area contributed by atoms with Gasteiger partial charge < -0.3 is 83.9 Å². The van der Waals surface area contributed by atoms with E-state index >= 15 is 0 Å². The van der Waals surface area contributed by atoms with E-state index in [4.69, 9.17) is 17.2 Å². The molecular weight excluding hydrogens is 849 g/mol. The first-order chi connectivity index (χ1) is 28.9. The highest BCUT2D eigenvalue weighted by Crippen LogP contribution is 2.35. The van der Waals surface area contributed by atoms with Crippen molar-refractivity contribution in [1.82, 2.24) is 36.8 Å². The Morgan fingerprint density at radius 1 is 0.823 bits per heavy atom. The second kappa shape index (κ2) is 26.9. The number of likely N-dealkylation sites (tertiary alicyclic amines) is 1. The van der Waals surface area contributed by atoms with Gasteiger partial charge in [-0.15, -0.1) is 0 Å². The van der Waals surface area contributed by atoms with Crippen molar-refractivity contribution in [3.05, 3.63) is 0 Å². The van der Waals surface area contributed by atoms with Crippen LogP contribution in [0.25, 0.3) is 0 Å². The van der Waals surface area contributed by atoms with Crippen molar-refractivity contribution in [3.8, 4) is 0 Å². The number of hydrogen-bond acceptors (Lipinski definition) is 15. The van der Waals surface area contributed by atoms with Crippen molar-refractivity contribution in [2.75, 3.05) is 32.9 Å². The number of guanidine groups is 1. The number of aliphatic hydroxyl groups is 2. The number of hydrogen-bond donors (Lipinski definition) is 14. The highest BCUT2D eigenvalue weighted by molar-refractivity contribution is 7.46. The molecule has 1 saturated heterocycles. The topological polar surface area (TPSA) is 447 Å². The Labute approximate surface area is 356 Å². The van der Waals surface area contributed by atoms with Crippen LogP contribution in [0.5, 0.6) is 0 Å². The van der Waals surface area contributed by atoms with E-state index in [0.29, 0.717) is 12.7 Å². The zero-order chi connectivity index (χ0) is 47.3. The van der Waals surface area contributed by atoms with E-state index in [-0.39, 0.29) is 50.7 Å². The van der Waals surface area contributed by atoms with E-state index in [0.717, 1.165) is 11.8 Å². The predicted octanol–water partition coefficient (Wildman–Crippen LogP) is -6.51. The van der Waals surface area contributed by atoms with Crippen molar-refractivity contribution in [1.29, 1.82) is 0 Å². The van der Waals surface area contributed by atoms with E-state index in [2.05, 4.69) is 41.4 Å². The summed E-state index contributed by atoms with van der Waals surface area (Å²) >= 11 is 0. The van der Waals surface area contributed by atoms with Crippen LogP contribution in [0.15, 0.2) is 4.99 Å². The minimum absolute atomic E-state index is 0.0148. The molecular formula is C34H60N11O16P. The summed E-state index contributed by atoms with van der Waals surface area (Å²) in [5.41, 5.74) is 16.3. The number of carboxylic acids is 1. The summed E-state index contributed by atoms with van der Waals surface area (Å²) in [7, 11) is -5.31. The van der Waals surface area contributed by atoms with Gasteiger partial charge in [-0.3, -0.25) is 47.9 Å². The number of phosphoric ester groups is 1. The molecule has 1 aliphatic heterocycles. The SMILES string of the molecule is CC(C)C[C@@H](C=O)NC(=O)[C@H](CO)NC(=O)[C@@H]1CCCN1C(=O)[C@H](CCC(=O)O)NC(=O)[C@H](COP(=O)(O)O)NC(=O)[C@H](C)NC(=O)[C@H](CO)NC(=O)[C@@H](N)CCCN=C(N)N. The molecule has 0 spiro atoms. The van der Waals surface area contributed by atoms with Crippen LogP contribution in [-0.4, -0.2) is 171 Å². The normalized spacial score (nSPS) is 17.2. The van der Waals surface area contributed by atoms with E-state index in [1.54, 1.807) is 0 Å². The third-order valence-electron chi connectivity index (χ3n) is 9.05. The minimum Gasteiger partial charge on any atom is -0.481 e. The number of aliphatic hydroxyl groups excluding tert-OH is 2. The summed E-state index contributed by atoms with van der Waals surface area (Å²) in [5.74, 6) is -8.77. The first kappa shape index (κ1) is 54.7. The molecule has 1 rings (SSSR count). The number of carbonyl (C=O) groups excluding carboxylic acids is 8. The lowest BCUT2D eigenvalue weighted by atomic mass is 10.0. The number of amides is 7. The maximum atomic E-state index is 13.9. The first-order valence-electron chi connectivity index (χ1n) is 19.5. The predicted molar refractivity (Wildman–Crippen MR) is 214 cm³/mol. The summed E-state index contributed by atoms with van der Waals surface area (Å²) in [6, 6.07) is -11.8. The monoisotopic (exact) mass is 909 g/mol. The molecule has 0 radical (unpaired) electrons. The van der Waals surface area contributed by atoms with Gasteiger partial charge in [0.15, 0.2) is 5.96 Å². The van der Waals surface area contributed by atoms with Gasteiger partial charge in [0.05, 0.1) is 31.9 Å². The van der Waals surface area contributed by atoms with E-state index in [9.17, 15) is 72.8 Å². The van der Waals surface area contributed by atoms with Crippen molar-refractivity contribution in [2.45, 2.75) is 114 Å². The van der Waals surface area contributed by atoms with Crippen molar-refractivity contribution >= 4 is 67.4 Å². The van der Waals surface area contributed by atoms with Crippen LogP contribution in [0.4, 0.5) is 0 Å². The highest BCUT2D eigenvalue weighted by atomic mass is 31.2. The van der Waals surface area contributed by atoms with Crippen LogP contribution in [0, 0.1) is 5.92 Å². The van der Waals surface area contributed by atoms with Gasteiger partial charge in [0, 0.05) is 19.5 Å². The van der Waals surface area contributed by atoms with Gasteiger partial charge in [-0.05, 0) is 51.4 Å². The summed E-state index contributed by atoms with van der Waals surface area (Å²) < 4.78 is 16.0. The maximum absolute atomic E-state index is 13.9. The molecule has 1 aliphatic rings. The second-order valence-corrected chi connectivity index (χ2v) is 15.9. The number of nitrogens with zero attached hydrogens (tertiary/aromatic N) is 2.